The van der Waals surface area contributed by atoms with E-state index in [1.807, 2.05) is 13.0 Å². The number of ether oxygens (including phenoxy) is 1. The molecule has 1 aromatic rings. The van der Waals surface area contributed by atoms with E-state index in [0.29, 0.717) is 11.3 Å². The second kappa shape index (κ2) is 4.82. The maximum Gasteiger partial charge on any atom is 0.339 e. The lowest BCUT2D eigenvalue weighted by atomic mass is 9.98. The van der Waals surface area contributed by atoms with Gasteiger partial charge in [0.05, 0.1) is 12.7 Å². The summed E-state index contributed by atoms with van der Waals surface area (Å²) in [7, 11) is 1.36. The number of carbonyl (C=O) groups is 1. The maximum atomic E-state index is 11.4. The van der Waals surface area contributed by atoms with Gasteiger partial charge in [-0.25, -0.2) is 4.79 Å². The number of hydrogen-bond acceptors (Lipinski definition) is 3. The number of rotatable bonds is 3. The molecular formula is C12H17NO2. The lowest BCUT2D eigenvalue weighted by Crippen LogP contribution is -2.09. The van der Waals surface area contributed by atoms with Crippen LogP contribution in [0.1, 0.15) is 34.8 Å². The molecule has 15 heavy (non-hydrogen) atoms. The molecule has 0 saturated heterocycles. The van der Waals surface area contributed by atoms with E-state index in [9.17, 15) is 4.79 Å². The average Bonchev–Trinajstić information content (AvgIpc) is 2.23. The van der Waals surface area contributed by atoms with E-state index in [1.165, 1.54) is 7.11 Å². The van der Waals surface area contributed by atoms with Gasteiger partial charge in [-0.2, -0.15) is 0 Å². The van der Waals surface area contributed by atoms with Crippen molar-refractivity contribution < 1.29 is 9.53 Å². The van der Waals surface area contributed by atoms with Gasteiger partial charge in [-0.3, -0.25) is 0 Å². The predicted molar refractivity (Wildman–Crippen MR) is 60.9 cm³/mol. The molecule has 3 heteroatoms. The SMILES string of the molecule is CCCc1c(C)ccc(C(=O)OC)c1N. The van der Waals surface area contributed by atoms with Crippen molar-refractivity contribution in [2.75, 3.05) is 12.8 Å². The Kier molecular flexibility index (Phi) is 3.72. The van der Waals surface area contributed by atoms with E-state index < -0.39 is 0 Å². The van der Waals surface area contributed by atoms with Crippen molar-refractivity contribution in [2.24, 2.45) is 0 Å². The van der Waals surface area contributed by atoms with Gasteiger partial charge >= 0.3 is 5.97 Å². The summed E-state index contributed by atoms with van der Waals surface area (Å²) in [4.78, 5) is 11.4. The van der Waals surface area contributed by atoms with Crippen LogP contribution in [0.4, 0.5) is 5.69 Å². The standard InChI is InChI=1S/C12H17NO2/c1-4-5-9-8(2)6-7-10(11(9)13)12(14)15-3/h6-7H,4-5,13H2,1-3H3. The summed E-state index contributed by atoms with van der Waals surface area (Å²) in [5.41, 5.74) is 9.15. The summed E-state index contributed by atoms with van der Waals surface area (Å²) in [6.07, 6.45) is 1.90. The first-order valence-electron chi connectivity index (χ1n) is 5.08. The zero-order valence-electron chi connectivity index (χ0n) is 9.46. The first kappa shape index (κ1) is 11.6. The summed E-state index contributed by atoms with van der Waals surface area (Å²) >= 11 is 0. The third-order valence-electron chi connectivity index (χ3n) is 2.50. The Bertz CT molecular complexity index is 372. The van der Waals surface area contributed by atoms with Gasteiger partial charge in [0.15, 0.2) is 0 Å². The molecule has 0 atom stereocenters. The van der Waals surface area contributed by atoms with Crippen LogP contribution in [0.15, 0.2) is 12.1 Å². The Morgan fingerprint density at radius 1 is 1.47 bits per heavy atom. The van der Waals surface area contributed by atoms with Gasteiger partial charge in [0.2, 0.25) is 0 Å². The van der Waals surface area contributed by atoms with E-state index in [2.05, 4.69) is 11.7 Å². The van der Waals surface area contributed by atoms with Crippen molar-refractivity contribution >= 4 is 11.7 Å². The molecule has 0 saturated carbocycles. The highest BCUT2D eigenvalue weighted by molar-refractivity contribution is 5.96. The highest BCUT2D eigenvalue weighted by atomic mass is 16.5. The van der Waals surface area contributed by atoms with E-state index in [4.69, 9.17) is 5.73 Å². The number of hydrogen-bond donors (Lipinski definition) is 1. The van der Waals surface area contributed by atoms with E-state index >= 15 is 0 Å². The molecule has 1 aromatic carbocycles. The van der Waals surface area contributed by atoms with Gasteiger partial charge in [-0.15, -0.1) is 0 Å². The Labute approximate surface area is 90.2 Å². The number of benzene rings is 1. The highest BCUT2D eigenvalue weighted by Gasteiger charge is 2.13. The molecule has 2 N–H and O–H groups in total. The van der Waals surface area contributed by atoms with Crippen LogP contribution in [-0.2, 0) is 11.2 Å². The Hall–Kier alpha value is -1.51. The van der Waals surface area contributed by atoms with E-state index in [0.717, 1.165) is 24.0 Å². The van der Waals surface area contributed by atoms with Crippen LogP contribution in [0, 0.1) is 6.92 Å². The Balaban J connectivity index is 3.21. The van der Waals surface area contributed by atoms with Crippen molar-refractivity contribution in [1.29, 1.82) is 0 Å². The average molecular weight is 207 g/mol. The maximum absolute atomic E-state index is 11.4. The summed E-state index contributed by atoms with van der Waals surface area (Å²) in [6, 6.07) is 3.63. The fraction of sp³-hybridized carbons (Fsp3) is 0.417. The van der Waals surface area contributed by atoms with Crippen molar-refractivity contribution in [2.45, 2.75) is 26.7 Å². The summed E-state index contributed by atoms with van der Waals surface area (Å²) in [5, 5.41) is 0. The van der Waals surface area contributed by atoms with E-state index in [1.54, 1.807) is 6.07 Å². The third-order valence-corrected chi connectivity index (χ3v) is 2.50. The van der Waals surface area contributed by atoms with Gasteiger partial charge in [0, 0.05) is 5.69 Å². The van der Waals surface area contributed by atoms with Crippen LogP contribution in [-0.4, -0.2) is 13.1 Å². The van der Waals surface area contributed by atoms with Crippen LogP contribution in [0.5, 0.6) is 0 Å². The van der Waals surface area contributed by atoms with Crippen molar-refractivity contribution in [3.63, 3.8) is 0 Å². The fourth-order valence-corrected chi connectivity index (χ4v) is 1.64. The normalized spacial score (nSPS) is 10.1. The summed E-state index contributed by atoms with van der Waals surface area (Å²) in [5.74, 6) is -0.371. The first-order chi connectivity index (χ1) is 7.11. The minimum atomic E-state index is -0.371. The Morgan fingerprint density at radius 3 is 2.67 bits per heavy atom. The van der Waals surface area contributed by atoms with Crippen molar-refractivity contribution in [1.82, 2.24) is 0 Å². The predicted octanol–water partition coefficient (Wildman–Crippen LogP) is 2.32. The molecule has 0 unspecified atom stereocenters. The number of nitrogens with two attached hydrogens (primary N) is 1. The number of anilines is 1. The van der Waals surface area contributed by atoms with Gasteiger partial charge in [0.25, 0.3) is 0 Å². The summed E-state index contributed by atoms with van der Waals surface area (Å²) in [6.45, 7) is 4.09. The lowest BCUT2D eigenvalue weighted by Gasteiger charge is -2.11. The number of methoxy groups -OCH3 is 1. The molecule has 1 rings (SSSR count). The molecule has 0 aliphatic heterocycles. The smallest absolute Gasteiger partial charge is 0.339 e. The van der Waals surface area contributed by atoms with E-state index in [-0.39, 0.29) is 5.97 Å². The minimum absolute atomic E-state index is 0.371. The molecule has 0 heterocycles. The van der Waals surface area contributed by atoms with Crippen molar-refractivity contribution in [3.8, 4) is 0 Å². The number of esters is 1. The molecule has 0 fully saturated rings. The van der Waals surface area contributed by atoms with Crippen LogP contribution in [0.3, 0.4) is 0 Å². The number of carbonyl (C=O) groups excluding carboxylic acids is 1. The fourth-order valence-electron chi connectivity index (χ4n) is 1.64. The molecule has 0 spiro atoms. The van der Waals surface area contributed by atoms with Crippen LogP contribution in [0.2, 0.25) is 0 Å². The highest BCUT2D eigenvalue weighted by Crippen LogP contribution is 2.23. The monoisotopic (exact) mass is 207 g/mol. The first-order valence-corrected chi connectivity index (χ1v) is 5.08. The molecule has 0 aliphatic rings. The van der Waals surface area contributed by atoms with Crippen LogP contribution >= 0.6 is 0 Å². The Morgan fingerprint density at radius 2 is 2.13 bits per heavy atom. The zero-order chi connectivity index (χ0) is 11.4. The third kappa shape index (κ3) is 2.29. The number of nitrogen functional groups attached to an aromatic ring is 1. The molecule has 82 valence electrons. The molecular weight excluding hydrogens is 190 g/mol. The zero-order valence-corrected chi connectivity index (χ0v) is 9.46. The topological polar surface area (TPSA) is 52.3 Å². The largest absolute Gasteiger partial charge is 0.465 e. The minimum Gasteiger partial charge on any atom is -0.465 e. The second-order valence-electron chi connectivity index (χ2n) is 3.56. The van der Waals surface area contributed by atoms with Gasteiger partial charge in [-0.1, -0.05) is 19.4 Å². The van der Waals surface area contributed by atoms with Gasteiger partial charge in [-0.05, 0) is 30.5 Å². The van der Waals surface area contributed by atoms with Crippen LogP contribution < -0.4 is 5.73 Å². The molecule has 0 aromatic heterocycles. The molecule has 0 bridgehead atoms. The second-order valence-corrected chi connectivity index (χ2v) is 3.56. The molecule has 0 radical (unpaired) electrons. The van der Waals surface area contributed by atoms with Crippen LogP contribution in [0.25, 0.3) is 0 Å². The van der Waals surface area contributed by atoms with Gasteiger partial charge < -0.3 is 10.5 Å². The number of aryl methyl sites for hydroxylation is 1. The molecule has 0 aliphatic carbocycles. The summed E-state index contributed by atoms with van der Waals surface area (Å²) < 4.78 is 4.67. The van der Waals surface area contributed by atoms with Gasteiger partial charge in [0.1, 0.15) is 0 Å². The molecule has 0 amide bonds. The lowest BCUT2D eigenvalue weighted by molar-refractivity contribution is 0.0602. The quantitative estimate of drug-likeness (QED) is 0.611. The molecule has 3 nitrogen and oxygen atoms in total. The van der Waals surface area contributed by atoms with Crippen molar-refractivity contribution in [3.05, 3.63) is 28.8 Å².